The average Bonchev–Trinajstić information content (AvgIpc) is 2.87. The summed E-state index contributed by atoms with van der Waals surface area (Å²) < 4.78 is 0. The van der Waals surface area contributed by atoms with E-state index in [1.807, 2.05) is 17.9 Å². The predicted molar refractivity (Wildman–Crippen MR) is 77.9 cm³/mol. The van der Waals surface area contributed by atoms with E-state index < -0.39 is 0 Å². The summed E-state index contributed by atoms with van der Waals surface area (Å²) in [5.74, 6) is 0.0481. The summed E-state index contributed by atoms with van der Waals surface area (Å²) >= 11 is 0. The fourth-order valence-corrected chi connectivity index (χ4v) is 3.45. The highest BCUT2D eigenvalue weighted by Gasteiger charge is 2.37. The Hall–Kier alpha value is -1.55. The van der Waals surface area contributed by atoms with Crippen LogP contribution in [-0.2, 0) is 0 Å². The highest BCUT2D eigenvalue weighted by atomic mass is 16.3. The van der Waals surface area contributed by atoms with Crippen LogP contribution in [0, 0.1) is 6.92 Å². The topological polar surface area (TPSA) is 43.8 Å². The molecule has 2 unspecified atom stereocenters. The van der Waals surface area contributed by atoms with Gasteiger partial charge in [-0.25, -0.2) is 0 Å². The standard InChI is InChI=1S/C16H22N2O2/c1-11-5-6-15(19)14(8-11)16(20)18-10-13-4-3-7-17(13)9-12(18)2/h5-6,8,12-13,19H,3-4,7,9-10H2,1-2H3. The van der Waals surface area contributed by atoms with E-state index in [0.717, 1.165) is 25.2 Å². The minimum atomic E-state index is -0.0368. The molecule has 0 spiro atoms. The first kappa shape index (κ1) is 13.4. The zero-order chi connectivity index (χ0) is 14.3. The van der Waals surface area contributed by atoms with Crippen molar-refractivity contribution in [2.45, 2.75) is 38.8 Å². The number of hydrogen-bond donors (Lipinski definition) is 1. The third kappa shape index (κ3) is 2.29. The minimum absolute atomic E-state index is 0.0368. The Kier molecular flexibility index (Phi) is 3.42. The number of aromatic hydroxyl groups is 1. The summed E-state index contributed by atoms with van der Waals surface area (Å²) in [7, 11) is 0. The number of rotatable bonds is 1. The van der Waals surface area contributed by atoms with E-state index in [2.05, 4.69) is 11.8 Å². The van der Waals surface area contributed by atoms with Crippen LogP contribution in [0.1, 0.15) is 35.7 Å². The van der Waals surface area contributed by atoms with Crippen molar-refractivity contribution in [3.05, 3.63) is 29.3 Å². The van der Waals surface area contributed by atoms with E-state index in [1.54, 1.807) is 12.1 Å². The summed E-state index contributed by atoms with van der Waals surface area (Å²) in [6.07, 6.45) is 2.41. The maximum absolute atomic E-state index is 12.7. The van der Waals surface area contributed by atoms with Crippen molar-refractivity contribution in [2.24, 2.45) is 0 Å². The van der Waals surface area contributed by atoms with Crippen LogP contribution in [-0.4, -0.2) is 52.5 Å². The normalized spacial score (nSPS) is 26.6. The average molecular weight is 274 g/mol. The highest BCUT2D eigenvalue weighted by molar-refractivity contribution is 5.97. The van der Waals surface area contributed by atoms with Gasteiger partial charge in [0, 0.05) is 25.2 Å². The second kappa shape index (κ2) is 5.09. The lowest BCUT2D eigenvalue weighted by Crippen LogP contribution is -2.56. The molecule has 1 amide bonds. The summed E-state index contributed by atoms with van der Waals surface area (Å²) in [6, 6.07) is 5.92. The van der Waals surface area contributed by atoms with Gasteiger partial charge in [-0.1, -0.05) is 11.6 Å². The number of phenols is 1. The van der Waals surface area contributed by atoms with Gasteiger partial charge in [0.25, 0.3) is 5.91 Å². The smallest absolute Gasteiger partial charge is 0.257 e. The number of carbonyl (C=O) groups is 1. The van der Waals surface area contributed by atoms with E-state index in [4.69, 9.17) is 0 Å². The molecule has 3 rings (SSSR count). The molecule has 2 aliphatic heterocycles. The number of fused-ring (bicyclic) bond motifs is 1. The van der Waals surface area contributed by atoms with Crippen molar-refractivity contribution in [2.75, 3.05) is 19.6 Å². The molecule has 2 heterocycles. The SMILES string of the molecule is Cc1ccc(O)c(C(=O)N2CC3CCCN3CC2C)c1. The van der Waals surface area contributed by atoms with Gasteiger partial charge >= 0.3 is 0 Å². The van der Waals surface area contributed by atoms with Crippen molar-refractivity contribution in [1.82, 2.24) is 9.80 Å². The zero-order valence-electron chi connectivity index (χ0n) is 12.2. The van der Waals surface area contributed by atoms with E-state index in [0.29, 0.717) is 11.6 Å². The van der Waals surface area contributed by atoms with Crippen molar-refractivity contribution < 1.29 is 9.90 Å². The van der Waals surface area contributed by atoms with E-state index in [1.165, 1.54) is 12.8 Å². The molecule has 2 atom stereocenters. The van der Waals surface area contributed by atoms with Crippen molar-refractivity contribution in [3.8, 4) is 5.75 Å². The molecule has 1 N–H and O–H groups in total. The Morgan fingerprint density at radius 3 is 2.95 bits per heavy atom. The Bertz CT molecular complexity index is 529. The first-order valence-electron chi connectivity index (χ1n) is 7.41. The van der Waals surface area contributed by atoms with Crippen LogP contribution in [0.2, 0.25) is 0 Å². The van der Waals surface area contributed by atoms with Gasteiger partial charge in [0.05, 0.1) is 5.56 Å². The summed E-state index contributed by atoms with van der Waals surface area (Å²) in [5, 5.41) is 9.95. The van der Waals surface area contributed by atoms with Crippen molar-refractivity contribution in [3.63, 3.8) is 0 Å². The summed E-state index contributed by atoms with van der Waals surface area (Å²) in [6.45, 7) is 6.93. The fourth-order valence-electron chi connectivity index (χ4n) is 3.45. The maximum atomic E-state index is 12.7. The molecule has 1 aromatic rings. The molecular weight excluding hydrogens is 252 g/mol. The van der Waals surface area contributed by atoms with E-state index in [-0.39, 0.29) is 17.7 Å². The fraction of sp³-hybridized carbons (Fsp3) is 0.562. The highest BCUT2D eigenvalue weighted by Crippen LogP contribution is 2.27. The van der Waals surface area contributed by atoms with Gasteiger partial charge in [-0.3, -0.25) is 9.69 Å². The molecule has 0 aliphatic carbocycles. The van der Waals surface area contributed by atoms with Crippen molar-refractivity contribution in [1.29, 1.82) is 0 Å². The van der Waals surface area contributed by atoms with Crippen LogP contribution < -0.4 is 0 Å². The van der Waals surface area contributed by atoms with Crippen LogP contribution in [0.25, 0.3) is 0 Å². The second-order valence-corrected chi connectivity index (χ2v) is 6.12. The first-order valence-corrected chi connectivity index (χ1v) is 7.41. The molecule has 0 radical (unpaired) electrons. The van der Waals surface area contributed by atoms with Gasteiger partial charge in [0.2, 0.25) is 0 Å². The quantitative estimate of drug-likeness (QED) is 0.852. The van der Waals surface area contributed by atoms with Crippen LogP contribution in [0.4, 0.5) is 0 Å². The number of amides is 1. The molecule has 4 nitrogen and oxygen atoms in total. The number of nitrogens with zero attached hydrogens (tertiary/aromatic N) is 2. The molecule has 2 aliphatic rings. The lowest BCUT2D eigenvalue weighted by atomic mass is 10.0. The van der Waals surface area contributed by atoms with Gasteiger partial charge in [-0.05, 0) is 45.4 Å². The Balaban J connectivity index is 1.84. The molecule has 0 aromatic heterocycles. The van der Waals surface area contributed by atoms with Gasteiger partial charge in [0.15, 0.2) is 0 Å². The van der Waals surface area contributed by atoms with Gasteiger partial charge in [-0.2, -0.15) is 0 Å². The van der Waals surface area contributed by atoms with Crippen LogP contribution >= 0.6 is 0 Å². The molecular formula is C16H22N2O2. The van der Waals surface area contributed by atoms with Gasteiger partial charge in [0.1, 0.15) is 5.75 Å². The van der Waals surface area contributed by atoms with E-state index in [9.17, 15) is 9.90 Å². The molecule has 1 aromatic carbocycles. The van der Waals surface area contributed by atoms with E-state index >= 15 is 0 Å². The molecule has 0 saturated carbocycles. The number of phenolic OH excluding ortho intramolecular Hbond substituents is 1. The van der Waals surface area contributed by atoms with Crippen LogP contribution in [0.3, 0.4) is 0 Å². The minimum Gasteiger partial charge on any atom is -0.507 e. The molecule has 2 saturated heterocycles. The largest absolute Gasteiger partial charge is 0.507 e. The Morgan fingerprint density at radius 1 is 1.35 bits per heavy atom. The molecule has 2 fully saturated rings. The monoisotopic (exact) mass is 274 g/mol. The lowest BCUT2D eigenvalue weighted by Gasteiger charge is -2.42. The number of piperazine rings is 1. The van der Waals surface area contributed by atoms with Gasteiger partial charge in [-0.15, -0.1) is 0 Å². The van der Waals surface area contributed by atoms with Crippen LogP contribution in [0.5, 0.6) is 5.75 Å². The molecule has 108 valence electrons. The molecule has 0 bridgehead atoms. The number of hydrogen-bond acceptors (Lipinski definition) is 3. The third-order valence-electron chi connectivity index (χ3n) is 4.58. The first-order chi connectivity index (χ1) is 9.56. The maximum Gasteiger partial charge on any atom is 0.257 e. The Morgan fingerprint density at radius 2 is 2.15 bits per heavy atom. The number of benzene rings is 1. The molecule has 20 heavy (non-hydrogen) atoms. The van der Waals surface area contributed by atoms with Crippen molar-refractivity contribution >= 4 is 5.91 Å². The lowest BCUT2D eigenvalue weighted by molar-refractivity contribution is 0.0393. The Labute approximate surface area is 120 Å². The molecule has 4 heteroatoms. The van der Waals surface area contributed by atoms with Gasteiger partial charge < -0.3 is 10.0 Å². The third-order valence-corrected chi connectivity index (χ3v) is 4.58. The zero-order valence-corrected chi connectivity index (χ0v) is 12.2. The summed E-state index contributed by atoms with van der Waals surface area (Å²) in [5.41, 5.74) is 1.43. The summed E-state index contributed by atoms with van der Waals surface area (Å²) in [4.78, 5) is 17.1. The number of carbonyl (C=O) groups excluding carboxylic acids is 1. The van der Waals surface area contributed by atoms with Crippen LogP contribution in [0.15, 0.2) is 18.2 Å². The predicted octanol–water partition coefficient (Wildman–Crippen LogP) is 2.01. The number of aryl methyl sites for hydroxylation is 1. The second-order valence-electron chi connectivity index (χ2n) is 6.12.